The van der Waals surface area contributed by atoms with E-state index in [0.717, 1.165) is 77.3 Å². The van der Waals surface area contributed by atoms with Gasteiger partial charge < -0.3 is 9.64 Å². The van der Waals surface area contributed by atoms with Crippen LogP contribution in [-0.2, 0) is 19.1 Å². The van der Waals surface area contributed by atoms with Crippen molar-refractivity contribution >= 4 is 17.7 Å². The van der Waals surface area contributed by atoms with Gasteiger partial charge in [-0.05, 0) is 117 Å². The number of hydrogen-bond donors (Lipinski definition) is 0. The number of carbonyl (C=O) groups is 3. The monoisotopic (exact) mass is 579 g/mol. The van der Waals surface area contributed by atoms with Crippen LogP contribution < -0.4 is 0 Å². The van der Waals surface area contributed by atoms with Gasteiger partial charge in [0, 0.05) is 36.8 Å². The van der Waals surface area contributed by atoms with Crippen LogP contribution in [0.4, 0.5) is 0 Å². The Kier molecular flexibility index (Phi) is 7.00. The highest BCUT2D eigenvalue weighted by Crippen LogP contribution is 2.75. The standard InChI is InChI=1S/C37H57NO4/c1-24(39)42-29-13-14-35(6)28(32(29,2)3)12-15-37(8)30(35)27(40)22-25-26-23-34(5,31(41)38-20-10-9-11-21-38)17-16-33(26,4)18-19-36(25,37)7/h22,26,28-30H,9-21,23H2,1-8H3/t26-,28+,29+,30+,33+,34+,35+,36+,37+/m0/s1. The predicted octanol–water partition coefficient (Wildman–Crippen LogP) is 7.91. The van der Waals surface area contributed by atoms with E-state index in [4.69, 9.17) is 4.74 Å². The van der Waals surface area contributed by atoms with Gasteiger partial charge in [-0.2, -0.15) is 0 Å². The van der Waals surface area contributed by atoms with Crippen LogP contribution in [0.15, 0.2) is 11.6 Å². The Morgan fingerprint density at radius 2 is 1.52 bits per heavy atom. The Morgan fingerprint density at radius 3 is 2.19 bits per heavy atom. The van der Waals surface area contributed by atoms with Crippen molar-refractivity contribution in [1.82, 2.24) is 4.90 Å². The molecule has 0 radical (unpaired) electrons. The molecule has 0 aromatic heterocycles. The number of esters is 1. The normalized spacial score (nSPS) is 48.1. The highest BCUT2D eigenvalue weighted by molar-refractivity contribution is 5.95. The summed E-state index contributed by atoms with van der Waals surface area (Å²) in [5, 5.41) is 0. The summed E-state index contributed by atoms with van der Waals surface area (Å²) in [6, 6.07) is 0. The molecular formula is C37H57NO4. The third-order valence-electron chi connectivity index (χ3n) is 15.0. The van der Waals surface area contributed by atoms with Crippen LogP contribution in [0.2, 0.25) is 0 Å². The molecule has 9 atom stereocenters. The van der Waals surface area contributed by atoms with Crippen LogP contribution >= 0.6 is 0 Å². The molecule has 1 saturated heterocycles. The number of carbonyl (C=O) groups excluding carboxylic acids is 3. The van der Waals surface area contributed by atoms with Crippen molar-refractivity contribution in [2.24, 2.45) is 50.2 Å². The summed E-state index contributed by atoms with van der Waals surface area (Å²) >= 11 is 0. The Hall–Kier alpha value is -1.65. The highest BCUT2D eigenvalue weighted by Gasteiger charge is 2.70. The minimum atomic E-state index is -0.343. The molecule has 234 valence electrons. The lowest BCUT2D eigenvalue weighted by Gasteiger charge is -2.70. The van der Waals surface area contributed by atoms with E-state index in [1.165, 1.54) is 25.3 Å². The van der Waals surface area contributed by atoms with Crippen molar-refractivity contribution in [3.8, 4) is 0 Å². The molecule has 5 fully saturated rings. The Labute approximate surface area is 255 Å². The number of amides is 1. The number of nitrogens with zero attached hydrogens (tertiary/aromatic N) is 1. The molecule has 5 nitrogen and oxygen atoms in total. The molecule has 4 saturated carbocycles. The van der Waals surface area contributed by atoms with Crippen LogP contribution in [-0.4, -0.2) is 41.8 Å². The number of likely N-dealkylation sites (tertiary alicyclic amines) is 1. The van der Waals surface area contributed by atoms with Gasteiger partial charge in [0.1, 0.15) is 6.10 Å². The van der Waals surface area contributed by atoms with Gasteiger partial charge in [0.25, 0.3) is 0 Å². The first-order valence-corrected chi connectivity index (χ1v) is 17.2. The summed E-state index contributed by atoms with van der Waals surface area (Å²) in [5.41, 5.74) is 0.735. The number of rotatable bonds is 2. The fourth-order valence-electron chi connectivity index (χ4n) is 12.2. The quantitative estimate of drug-likeness (QED) is 0.312. The minimum Gasteiger partial charge on any atom is -0.462 e. The molecule has 0 spiro atoms. The van der Waals surface area contributed by atoms with Gasteiger partial charge in [-0.25, -0.2) is 0 Å². The Morgan fingerprint density at radius 1 is 0.857 bits per heavy atom. The summed E-state index contributed by atoms with van der Waals surface area (Å²) in [5.74, 6) is 1.09. The molecule has 5 aliphatic carbocycles. The third-order valence-corrected chi connectivity index (χ3v) is 15.0. The second-order valence-electron chi connectivity index (χ2n) is 17.6. The summed E-state index contributed by atoms with van der Waals surface area (Å²) in [6.45, 7) is 19.9. The van der Waals surface area contributed by atoms with Crippen LogP contribution in [0, 0.1) is 50.2 Å². The van der Waals surface area contributed by atoms with Crippen LogP contribution in [0.25, 0.3) is 0 Å². The first kappa shape index (κ1) is 30.4. The molecule has 0 aromatic rings. The summed E-state index contributed by atoms with van der Waals surface area (Å²) < 4.78 is 5.88. The molecule has 6 rings (SSSR count). The van der Waals surface area contributed by atoms with E-state index in [9.17, 15) is 14.4 Å². The lowest BCUT2D eigenvalue weighted by atomic mass is 9.33. The molecular weight excluding hydrogens is 522 g/mol. The van der Waals surface area contributed by atoms with Crippen molar-refractivity contribution in [3.63, 3.8) is 0 Å². The number of ketones is 1. The smallest absolute Gasteiger partial charge is 0.302 e. The van der Waals surface area contributed by atoms with E-state index < -0.39 is 0 Å². The molecule has 0 bridgehead atoms. The SMILES string of the molecule is CC(=O)O[C@@H]1CC[C@]2(C)[C@H](CC[C@]3(C)[C@@H]2C(=O)C=C2[C@@H]4C[C@](C)(C(=O)N5CCCCC5)CC[C@]4(C)CC[C@]23C)C1(C)C. The van der Waals surface area contributed by atoms with E-state index in [1.54, 1.807) is 0 Å². The molecule has 0 N–H and O–H groups in total. The first-order valence-electron chi connectivity index (χ1n) is 17.2. The zero-order valence-corrected chi connectivity index (χ0v) is 27.9. The predicted molar refractivity (Wildman–Crippen MR) is 165 cm³/mol. The Bertz CT molecular complexity index is 1200. The van der Waals surface area contributed by atoms with Gasteiger partial charge in [0.2, 0.25) is 5.91 Å². The molecule has 6 aliphatic rings. The lowest BCUT2D eigenvalue weighted by Crippen LogP contribution is -2.67. The number of fused-ring (bicyclic) bond motifs is 7. The highest BCUT2D eigenvalue weighted by atomic mass is 16.5. The fourth-order valence-corrected chi connectivity index (χ4v) is 12.2. The van der Waals surface area contributed by atoms with E-state index in [1.807, 2.05) is 0 Å². The third kappa shape index (κ3) is 4.09. The largest absolute Gasteiger partial charge is 0.462 e. The zero-order valence-electron chi connectivity index (χ0n) is 27.9. The maximum absolute atomic E-state index is 14.6. The van der Waals surface area contributed by atoms with Crippen molar-refractivity contribution in [2.45, 2.75) is 139 Å². The van der Waals surface area contributed by atoms with Crippen LogP contribution in [0.5, 0.6) is 0 Å². The summed E-state index contributed by atoms with van der Waals surface area (Å²) in [6.07, 6.45) is 14.6. The maximum Gasteiger partial charge on any atom is 0.302 e. The molecule has 42 heavy (non-hydrogen) atoms. The van der Waals surface area contributed by atoms with Gasteiger partial charge in [0.05, 0.1) is 0 Å². The molecule has 5 heteroatoms. The average Bonchev–Trinajstić information content (AvgIpc) is 2.92. The second-order valence-corrected chi connectivity index (χ2v) is 17.6. The van der Waals surface area contributed by atoms with Gasteiger partial charge in [0.15, 0.2) is 5.78 Å². The van der Waals surface area contributed by atoms with E-state index in [0.29, 0.717) is 17.6 Å². The van der Waals surface area contributed by atoms with Crippen molar-refractivity contribution in [1.29, 1.82) is 0 Å². The number of hydrogen-bond acceptors (Lipinski definition) is 4. The van der Waals surface area contributed by atoms with E-state index in [-0.39, 0.29) is 56.4 Å². The minimum absolute atomic E-state index is 0.0237. The van der Waals surface area contributed by atoms with Crippen LogP contribution in [0.3, 0.4) is 0 Å². The first-order chi connectivity index (χ1) is 19.5. The maximum atomic E-state index is 14.6. The lowest BCUT2D eigenvalue weighted by molar-refractivity contribution is -0.210. The zero-order chi connectivity index (χ0) is 30.5. The van der Waals surface area contributed by atoms with Gasteiger partial charge in [-0.1, -0.05) is 54.0 Å². The molecule has 0 aromatic carbocycles. The average molecular weight is 580 g/mol. The summed E-state index contributed by atoms with van der Waals surface area (Å²) in [7, 11) is 0. The van der Waals surface area contributed by atoms with Crippen molar-refractivity contribution in [2.75, 3.05) is 13.1 Å². The Balaban J connectivity index is 1.36. The summed E-state index contributed by atoms with van der Waals surface area (Å²) in [4.78, 5) is 42.8. The molecule has 1 amide bonds. The van der Waals surface area contributed by atoms with Crippen LogP contribution in [0.1, 0.15) is 132 Å². The molecule has 0 unspecified atom stereocenters. The fraction of sp³-hybridized carbons (Fsp3) is 0.865. The van der Waals surface area contributed by atoms with Gasteiger partial charge >= 0.3 is 5.97 Å². The number of ether oxygens (including phenoxy) is 1. The van der Waals surface area contributed by atoms with Gasteiger partial charge in [-0.15, -0.1) is 0 Å². The van der Waals surface area contributed by atoms with Gasteiger partial charge in [-0.3, -0.25) is 14.4 Å². The van der Waals surface area contributed by atoms with Crippen molar-refractivity contribution < 1.29 is 19.1 Å². The van der Waals surface area contributed by atoms with E-state index >= 15 is 0 Å². The van der Waals surface area contributed by atoms with Crippen molar-refractivity contribution in [3.05, 3.63) is 11.6 Å². The molecule has 1 aliphatic heterocycles. The second kappa shape index (κ2) is 9.67. The number of allylic oxidation sites excluding steroid dienone is 2. The van der Waals surface area contributed by atoms with E-state index in [2.05, 4.69) is 59.4 Å². The topological polar surface area (TPSA) is 63.7 Å². The number of piperidine rings is 1. The molecule has 1 heterocycles.